The van der Waals surface area contributed by atoms with Crippen molar-refractivity contribution in [1.29, 1.82) is 0 Å². The van der Waals surface area contributed by atoms with E-state index < -0.39 is 5.67 Å². The van der Waals surface area contributed by atoms with Crippen LogP contribution in [-0.4, -0.2) is 84.4 Å². The number of likely N-dealkylation sites (tertiary alicyclic amines) is 1. The molecular weight excluding hydrogens is 505 g/mol. The number of nitrogens with zero attached hydrogens (tertiary/aromatic N) is 3. The molecule has 0 radical (unpaired) electrons. The summed E-state index contributed by atoms with van der Waals surface area (Å²) in [6.07, 6.45) is 2.13. The summed E-state index contributed by atoms with van der Waals surface area (Å²) in [6, 6.07) is 17.3. The third kappa shape index (κ3) is 9.02. The first-order valence-electron chi connectivity index (χ1n) is 15.0. The minimum atomic E-state index is -1.13. The zero-order chi connectivity index (χ0) is 28.7. The largest absolute Gasteiger partial charge is 0.493 e. The molecule has 0 saturated carbocycles. The fourth-order valence-corrected chi connectivity index (χ4v) is 6.08. The molecule has 2 aliphatic rings. The molecule has 0 spiro atoms. The predicted molar refractivity (Wildman–Crippen MR) is 158 cm³/mol. The Morgan fingerprint density at radius 2 is 1.48 bits per heavy atom. The van der Waals surface area contributed by atoms with Gasteiger partial charge < -0.3 is 14.4 Å². The van der Waals surface area contributed by atoms with Crippen molar-refractivity contribution in [3.05, 3.63) is 65.2 Å². The van der Waals surface area contributed by atoms with Gasteiger partial charge in [0.1, 0.15) is 11.4 Å². The highest BCUT2D eigenvalue weighted by Crippen LogP contribution is 2.24. The second kappa shape index (κ2) is 13.9. The van der Waals surface area contributed by atoms with Crippen molar-refractivity contribution < 1.29 is 18.7 Å². The molecule has 0 unspecified atom stereocenters. The zero-order valence-corrected chi connectivity index (χ0v) is 25.1. The number of halogens is 1. The topological polar surface area (TPSA) is 45.3 Å². The van der Waals surface area contributed by atoms with Gasteiger partial charge in [0, 0.05) is 44.8 Å². The molecule has 2 aromatic carbocycles. The number of piperazine rings is 1. The van der Waals surface area contributed by atoms with E-state index >= 15 is 0 Å². The Balaban J connectivity index is 1.21. The summed E-state index contributed by atoms with van der Waals surface area (Å²) in [5.41, 5.74) is 1.99. The number of esters is 1. The van der Waals surface area contributed by atoms with Crippen LogP contribution in [0.5, 0.6) is 5.75 Å². The molecule has 2 aliphatic heterocycles. The summed E-state index contributed by atoms with van der Waals surface area (Å²) in [7, 11) is 0. The number of benzene rings is 2. The molecule has 40 heavy (non-hydrogen) atoms. The predicted octanol–water partition coefficient (Wildman–Crippen LogP) is 5.80. The van der Waals surface area contributed by atoms with Crippen LogP contribution in [0.3, 0.4) is 0 Å². The van der Waals surface area contributed by atoms with E-state index in [9.17, 15) is 9.18 Å². The van der Waals surface area contributed by atoms with E-state index in [1.807, 2.05) is 31.2 Å². The number of carbonyl (C=O) groups excluding carboxylic acids is 1. The van der Waals surface area contributed by atoms with Crippen molar-refractivity contribution >= 4 is 5.97 Å². The van der Waals surface area contributed by atoms with Crippen molar-refractivity contribution in [2.45, 2.75) is 78.3 Å². The summed E-state index contributed by atoms with van der Waals surface area (Å²) in [4.78, 5) is 19.2. The average Bonchev–Trinajstić information content (AvgIpc) is 2.91. The molecule has 2 atom stereocenters. The average molecular weight is 554 g/mol. The molecule has 7 heteroatoms. The molecule has 220 valence electrons. The molecule has 6 nitrogen and oxygen atoms in total. The van der Waals surface area contributed by atoms with E-state index in [4.69, 9.17) is 9.47 Å². The smallest absolute Gasteiger partial charge is 0.338 e. The van der Waals surface area contributed by atoms with Gasteiger partial charge in [-0.3, -0.25) is 9.80 Å². The standard InChI is InChI=1S/C33H48FN3O3/c1-6-39-32(38)30-11-7-27(8-12-30)21-36-19-25(2)37(26(3)20-36)22-28-9-13-31(14-10-28)40-23-29-15-17-35(18-16-29)24-33(4,5)34/h7-14,25-26,29H,6,15-24H2,1-5H3/t25-,26+. The van der Waals surface area contributed by atoms with Gasteiger partial charge in [-0.15, -0.1) is 0 Å². The monoisotopic (exact) mass is 553 g/mol. The van der Waals surface area contributed by atoms with E-state index in [0.717, 1.165) is 64.5 Å². The summed E-state index contributed by atoms with van der Waals surface area (Å²) in [6.45, 7) is 17.1. The molecule has 0 aromatic heterocycles. The molecule has 2 fully saturated rings. The first-order valence-corrected chi connectivity index (χ1v) is 15.0. The fourth-order valence-electron chi connectivity index (χ4n) is 6.08. The van der Waals surface area contributed by atoms with Crippen molar-refractivity contribution in [2.24, 2.45) is 5.92 Å². The molecular formula is C33H48FN3O3. The molecule has 0 bridgehead atoms. The number of rotatable bonds is 11. The number of hydrogen-bond acceptors (Lipinski definition) is 6. The zero-order valence-electron chi connectivity index (χ0n) is 25.1. The number of piperidine rings is 1. The van der Waals surface area contributed by atoms with Crippen LogP contribution in [0.25, 0.3) is 0 Å². The van der Waals surface area contributed by atoms with E-state index in [0.29, 0.717) is 36.7 Å². The molecule has 0 N–H and O–H groups in total. The Morgan fingerprint density at radius 3 is 2.05 bits per heavy atom. The van der Waals surface area contributed by atoms with Gasteiger partial charge in [0.05, 0.1) is 18.8 Å². The number of hydrogen-bond donors (Lipinski definition) is 0. The van der Waals surface area contributed by atoms with Gasteiger partial charge in [-0.2, -0.15) is 0 Å². The van der Waals surface area contributed by atoms with Crippen LogP contribution >= 0.6 is 0 Å². The number of ether oxygens (including phenoxy) is 2. The van der Waals surface area contributed by atoms with Gasteiger partial charge in [0.25, 0.3) is 0 Å². The Labute approximate surface area is 240 Å². The maximum absolute atomic E-state index is 13.9. The van der Waals surface area contributed by atoms with E-state index in [1.54, 1.807) is 13.8 Å². The van der Waals surface area contributed by atoms with Gasteiger partial charge in [0.2, 0.25) is 0 Å². The third-order valence-electron chi connectivity index (χ3n) is 8.13. The number of carbonyl (C=O) groups is 1. The fraction of sp³-hybridized carbons (Fsp3) is 0.606. The van der Waals surface area contributed by atoms with E-state index in [1.165, 1.54) is 11.1 Å². The highest BCUT2D eigenvalue weighted by atomic mass is 19.1. The summed E-state index contributed by atoms with van der Waals surface area (Å²) >= 11 is 0. The maximum atomic E-state index is 13.9. The summed E-state index contributed by atoms with van der Waals surface area (Å²) < 4.78 is 25.2. The van der Waals surface area contributed by atoms with Crippen LogP contribution in [0.4, 0.5) is 4.39 Å². The first kappa shape index (κ1) is 30.5. The van der Waals surface area contributed by atoms with Crippen molar-refractivity contribution in [3.63, 3.8) is 0 Å². The lowest BCUT2D eigenvalue weighted by Crippen LogP contribution is -2.55. The van der Waals surface area contributed by atoms with E-state index in [2.05, 4.69) is 52.8 Å². The van der Waals surface area contributed by atoms with Crippen molar-refractivity contribution in [3.8, 4) is 5.75 Å². The second-order valence-electron chi connectivity index (χ2n) is 12.4. The Hall–Kier alpha value is -2.48. The Bertz CT molecular complexity index is 1050. The lowest BCUT2D eigenvalue weighted by Gasteiger charge is -2.44. The third-order valence-corrected chi connectivity index (χ3v) is 8.13. The molecule has 2 heterocycles. The lowest BCUT2D eigenvalue weighted by atomic mass is 9.97. The quantitative estimate of drug-likeness (QED) is 0.328. The summed E-state index contributed by atoms with van der Waals surface area (Å²) in [5, 5.41) is 0. The van der Waals surface area contributed by atoms with Gasteiger partial charge >= 0.3 is 5.97 Å². The second-order valence-corrected chi connectivity index (χ2v) is 12.4. The first-order chi connectivity index (χ1) is 19.1. The Morgan fingerprint density at radius 1 is 0.900 bits per heavy atom. The maximum Gasteiger partial charge on any atom is 0.338 e. The molecule has 4 rings (SSSR count). The van der Waals surface area contributed by atoms with Crippen LogP contribution in [0.2, 0.25) is 0 Å². The SMILES string of the molecule is CCOC(=O)c1ccc(CN2C[C@@H](C)N(Cc3ccc(OCC4CCN(CC(C)(C)F)CC4)cc3)[C@@H](C)C2)cc1. The van der Waals surface area contributed by atoms with Crippen molar-refractivity contribution in [2.75, 3.05) is 45.9 Å². The van der Waals surface area contributed by atoms with Crippen LogP contribution < -0.4 is 4.74 Å². The van der Waals surface area contributed by atoms with Gasteiger partial charge in [0.15, 0.2) is 0 Å². The summed E-state index contributed by atoms with van der Waals surface area (Å²) in [5.74, 6) is 1.20. The molecule has 2 aromatic rings. The minimum absolute atomic E-state index is 0.263. The van der Waals surface area contributed by atoms with Crippen LogP contribution in [0.15, 0.2) is 48.5 Å². The minimum Gasteiger partial charge on any atom is -0.493 e. The highest BCUT2D eigenvalue weighted by Gasteiger charge is 2.29. The highest BCUT2D eigenvalue weighted by molar-refractivity contribution is 5.89. The van der Waals surface area contributed by atoms with Crippen molar-refractivity contribution in [1.82, 2.24) is 14.7 Å². The molecule has 0 amide bonds. The normalized spacial score (nSPS) is 21.9. The van der Waals surface area contributed by atoms with Crippen LogP contribution in [0, 0.1) is 5.92 Å². The molecule has 0 aliphatic carbocycles. The number of alkyl halides is 1. The van der Waals surface area contributed by atoms with E-state index in [-0.39, 0.29) is 5.97 Å². The van der Waals surface area contributed by atoms with Gasteiger partial charge in [-0.05, 0) is 102 Å². The Kier molecular flexibility index (Phi) is 10.6. The van der Waals surface area contributed by atoms with Gasteiger partial charge in [-0.1, -0.05) is 24.3 Å². The van der Waals surface area contributed by atoms with Crippen LogP contribution in [-0.2, 0) is 17.8 Å². The van der Waals surface area contributed by atoms with Crippen LogP contribution in [0.1, 0.15) is 68.9 Å². The van der Waals surface area contributed by atoms with Gasteiger partial charge in [-0.25, -0.2) is 9.18 Å². The molecule has 2 saturated heterocycles. The lowest BCUT2D eigenvalue weighted by molar-refractivity contribution is 0.0290.